The van der Waals surface area contributed by atoms with Gasteiger partial charge in [0.1, 0.15) is 5.38 Å². The molecule has 3 heteroatoms. The van der Waals surface area contributed by atoms with Crippen LogP contribution < -0.4 is 0 Å². The van der Waals surface area contributed by atoms with Gasteiger partial charge in [-0.2, -0.15) is 0 Å². The molecule has 0 aliphatic carbocycles. The molecule has 0 N–H and O–H groups in total. The molecule has 1 unspecified atom stereocenters. The summed E-state index contributed by atoms with van der Waals surface area (Å²) >= 11 is 11.0. The van der Waals surface area contributed by atoms with E-state index in [2.05, 4.69) is 0 Å². The quantitative estimate of drug-likeness (QED) is 0.562. The van der Waals surface area contributed by atoms with E-state index < -0.39 is 10.6 Å². The lowest BCUT2D eigenvalue weighted by atomic mass is 10.0. The van der Waals surface area contributed by atoms with Gasteiger partial charge in [-0.3, -0.25) is 4.79 Å². The largest absolute Gasteiger partial charge is 0.280 e. The van der Waals surface area contributed by atoms with E-state index in [0.717, 1.165) is 11.1 Å². The number of hydrogen-bond donors (Lipinski definition) is 0. The molecule has 1 aromatic rings. The fourth-order valence-electron chi connectivity index (χ4n) is 1.11. The topological polar surface area (TPSA) is 17.1 Å². The van der Waals surface area contributed by atoms with Crippen molar-refractivity contribution in [1.29, 1.82) is 0 Å². The predicted octanol–water partition coefficient (Wildman–Crippen LogP) is 2.91. The molecule has 13 heavy (non-hydrogen) atoms. The van der Waals surface area contributed by atoms with Crippen LogP contribution in [0.4, 0.5) is 0 Å². The highest BCUT2D eigenvalue weighted by molar-refractivity contribution is 6.69. The summed E-state index contributed by atoms with van der Waals surface area (Å²) in [5, 5.41) is -1.12. The number of rotatable bonds is 3. The van der Waals surface area contributed by atoms with Crippen molar-refractivity contribution in [2.45, 2.75) is 18.7 Å². The first-order chi connectivity index (χ1) is 6.11. The maximum atomic E-state index is 10.7. The van der Waals surface area contributed by atoms with Crippen molar-refractivity contribution in [3.63, 3.8) is 0 Å². The molecule has 0 saturated heterocycles. The third kappa shape index (κ3) is 3.02. The summed E-state index contributed by atoms with van der Waals surface area (Å²) in [6.07, 6.45) is 0.497. The van der Waals surface area contributed by atoms with Crippen molar-refractivity contribution in [3.8, 4) is 0 Å². The Morgan fingerprint density at radius 3 is 2.62 bits per heavy atom. The number of alkyl halides is 1. The van der Waals surface area contributed by atoms with Crippen LogP contribution in [-0.2, 0) is 11.2 Å². The van der Waals surface area contributed by atoms with Crippen LogP contribution in [0.1, 0.15) is 11.1 Å². The summed E-state index contributed by atoms with van der Waals surface area (Å²) in [7, 11) is 0. The normalized spacial score (nSPS) is 12.5. The number of aryl methyl sites for hydroxylation is 1. The lowest BCUT2D eigenvalue weighted by Crippen LogP contribution is -2.11. The van der Waals surface area contributed by atoms with Gasteiger partial charge in [-0.05, 0) is 36.1 Å². The van der Waals surface area contributed by atoms with Gasteiger partial charge in [0.2, 0.25) is 5.24 Å². The van der Waals surface area contributed by atoms with Crippen LogP contribution in [0.3, 0.4) is 0 Å². The van der Waals surface area contributed by atoms with Crippen molar-refractivity contribution in [2.75, 3.05) is 0 Å². The molecule has 0 aliphatic rings. The molecule has 0 radical (unpaired) electrons. The smallest absolute Gasteiger partial charge is 0.239 e. The zero-order chi connectivity index (χ0) is 9.84. The molecule has 0 spiro atoms. The van der Waals surface area contributed by atoms with Gasteiger partial charge in [-0.15, -0.1) is 11.6 Å². The Hall–Kier alpha value is -0.530. The lowest BCUT2D eigenvalue weighted by Gasteiger charge is -2.06. The van der Waals surface area contributed by atoms with Gasteiger partial charge >= 0.3 is 0 Å². The molecule has 0 heterocycles. The SMILES string of the molecule is Cc1ccccc1CC(Cl)C(=O)Cl. The molecule has 0 amide bonds. The highest BCUT2D eigenvalue weighted by Crippen LogP contribution is 2.14. The van der Waals surface area contributed by atoms with E-state index in [9.17, 15) is 4.79 Å². The summed E-state index contributed by atoms with van der Waals surface area (Å²) in [4.78, 5) is 10.7. The van der Waals surface area contributed by atoms with Crippen LogP contribution in [0.5, 0.6) is 0 Å². The first-order valence-electron chi connectivity index (χ1n) is 3.99. The number of benzene rings is 1. The van der Waals surface area contributed by atoms with E-state index in [0.29, 0.717) is 6.42 Å². The minimum atomic E-state index is -0.622. The summed E-state index contributed by atoms with van der Waals surface area (Å²) in [5.41, 5.74) is 2.20. The summed E-state index contributed by atoms with van der Waals surface area (Å²) in [6.45, 7) is 1.98. The Bertz CT molecular complexity index is 310. The van der Waals surface area contributed by atoms with Crippen LogP contribution in [0.15, 0.2) is 24.3 Å². The van der Waals surface area contributed by atoms with Crippen LogP contribution in [0, 0.1) is 6.92 Å². The van der Waals surface area contributed by atoms with Crippen LogP contribution in [0.2, 0.25) is 0 Å². The lowest BCUT2D eigenvalue weighted by molar-refractivity contribution is -0.111. The zero-order valence-electron chi connectivity index (χ0n) is 7.26. The summed E-state index contributed by atoms with van der Waals surface area (Å²) in [6, 6.07) is 7.80. The highest BCUT2D eigenvalue weighted by atomic mass is 35.5. The van der Waals surface area contributed by atoms with E-state index in [1.165, 1.54) is 0 Å². The van der Waals surface area contributed by atoms with Gasteiger partial charge in [0, 0.05) is 0 Å². The van der Waals surface area contributed by atoms with E-state index in [1.807, 2.05) is 31.2 Å². The van der Waals surface area contributed by atoms with Crippen LogP contribution in [-0.4, -0.2) is 10.6 Å². The third-order valence-corrected chi connectivity index (χ3v) is 2.63. The predicted molar refractivity (Wildman–Crippen MR) is 55.4 cm³/mol. The Morgan fingerprint density at radius 1 is 1.46 bits per heavy atom. The van der Waals surface area contributed by atoms with Gasteiger partial charge in [0.25, 0.3) is 0 Å². The average Bonchev–Trinajstić information content (AvgIpc) is 2.08. The minimum Gasteiger partial charge on any atom is -0.280 e. The first kappa shape index (κ1) is 10.6. The molecule has 1 rings (SSSR count). The molecule has 0 aliphatic heterocycles. The Morgan fingerprint density at radius 2 is 2.08 bits per heavy atom. The third-order valence-electron chi connectivity index (χ3n) is 1.91. The monoisotopic (exact) mass is 216 g/mol. The van der Waals surface area contributed by atoms with Crippen LogP contribution >= 0.6 is 23.2 Å². The molecular weight excluding hydrogens is 207 g/mol. The molecule has 0 fully saturated rings. The molecular formula is C10H10Cl2O. The first-order valence-corrected chi connectivity index (χ1v) is 4.80. The van der Waals surface area contributed by atoms with Crippen molar-refractivity contribution >= 4 is 28.4 Å². The standard InChI is InChI=1S/C10H10Cl2O/c1-7-4-2-3-5-8(7)6-9(11)10(12)13/h2-5,9H,6H2,1H3. The maximum Gasteiger partial charge on any atom is 0.239 e. The Kier molecular flexibility index (Phi) is 3.76. The van der Waals surface area contributed by atoms with E-state index in [4.69, 9.17) is 23.2 Å². The fraction of sp³-hybridized carbons (Fsp3) is 0.300. The van der Waals surface area contributed by atoms with E-state index >= 15 is 0 Å². The Balaban J connectivity index is 2.74. The van der Waals surface area contributed by atoms with Crippen molar-refractivity contribution in [2.24, 2.45) is 0 Å². The zero-order valence-corrected chi connectivity index (χ0v) is 8.77. The second kappa shape index (κ2) is 4.64. The van der Waals surface area contributed by atoms with E-state index in [-0.39, 0.29) is 0 Å². The molecule has 1 nitrogen and oxygen atoms in total. The second-order valence-corrected chi connectivity index (χ2v) is 3.80. The van der Waals surface area contributed by atoms with Crippen molar-refractivity contribution < 1.29 is 4.79 Å². The second-order valence-electron chi connectivity index (χ2n) is 2.90. The molecule has 0 saturated carbocycles. The number of hydrogen-bond acceptors (Lipinski definition) is 1. The van der Waals surface area contributed by atoms with Gasteiger partial charge in [-0.25, -0.2) is 0 Å². The number of halogens is 2. The average molecular weight is 217 g/mol. The summed E-state index contributed by atoms with van der Waals surface area (Å²) in [5.74, 6) is 0. The highest BCUT2D eigenvalue weighted by Gasteiger charge is 2.13. The van der Waals surface area contributed by atoms with E-state index in [1.54, 1.807) is 0 Å². The molecule has 70 valence electrons. The van der Waals surface area contributed by atoms with Crippen molar-refractivity contribution in [1.82, 2.24) is 0 Å². The number of carbonyl (C=O) groups is 1. The fourth-order valence-corrected chi connectivity index (χ4v) is 1.36. The Labute approximate surface area is 87.7 Å². The molecule has 1 atom stereocenters. The van der Waals surface area contributed by atoms with Gasteiger partial charge in [0.15, 0.2) is 0 Å². The van der Waals surface area contributed by atoms with Crippen molar-refractivity contribution in [3.05, 3.63) is 35.4 Å². The van der Waals surface area contributed by atoms with Gasteiger partial charge < -0.3 is 0 Å². The minimum absolute atomic E-state index is 0.495. The summed E-state index contributed by atoms with van der Waals surface area (Å²) < 4.78 is 0. The molecule has 0 aromatic heterocycles. The van der Waals surface area contributed by atoms with Crippen LogP contribution in [0.25, 0.3) is 0 Å². The maximum absolute atomic E-state index is 10.7. The molecule has 0 bridgehead atoms. The van der Waals surface area contributed by atoms with Gasteiger partial charge in [0.05, 0.1) is 0 Å². The van der Waals surface area contributed by atoms with Gasteiger partial charge in [-0.1, -0.05) is 24.3 Å². The number of carbonyl (C=O) groups excluding carboxylic acids is 1. The molecule has 1 aromatic carbocycles.